The molecule has 1 aromatic carbocycles. The van der Waals surface area contributed by atoms with Crippen LogP contribution in [0.2, 0.25) is 0 Å². The summed E-state index contributed by atoms with van der Waals surface area (Å²) in [7, 11) is 1.22. The Morgan fingerprint density at radius 2 is 2.29 bits per heavy atom. The van der Waals surface area contributed by atoms with Crippen molar-refractivity contribution in [2.75, 3.05) is 7.11 Å². The fourth-order valence-electron chi connectivity index (χ4n) is 2.00. The summed E-state index contributed by atoms with van der Waals surface area (Å²) in [5.41, 5.74) is 1.08. The monoisotopic (exact) mass is 302 g/mol. The van der Waals surface area contributed by atoms with E-state index in [4.69, 9.17) is 0 Å². The molecule has 0 aliphatic rings. The first kappa shape index (κ1) is 13.5. The molecule has 106 valence electrons. The van der Waals surface area contributed by atoms with Gasteiger partial charge in [-0.15, -0.1) is 11.3 Å². The quantitative estimate of drug-likeness (QED) is 0.750. The van der Waals surface area contributed by atoms with Crippen LogP contribution in [0.15, 0.2) is 29.6 Å². The molecule has 0 bridgehead atoms. The van der Waals surface area contributed by atoms with Gasteiger partial charge < -0.3 is 4.74 Å². The number of nitrogens with one attached hydrogen (secondary N) is 1. The summed E-state index contributed by atoms with van der Waals surface area (Å²) in [5, 5.41) is 9.54. The predicted octanol–water partition coefficient (Wildman–Crippen LogP) is 3.72. The number of thiophene rings is 1. The van der Waals surface area contributed by atoms with E-state index in [-0.39, 0.29) is 5.56 Å². The molecule has 0 fully saturated rings. The van der Waals surface area contributed by atoms with Gasteiger partial charge in [0.05, 0.1) is 23.9 Å². The Kier molecular flexibility index (Phi) is 3.53. The molecule has 0 atom stereocenters. The van der Waals surface area contributed by atoms with Crippen LogP contribution in [0, 0.1) is 5.82 Å². The van der Waals surface area contributed by atoms with Gasteiger partial charge in [0.25, 0.3) is 0 Å². The molecule has 0 aliphatic carbocycles. The highest BCUT2D eigenvalue weighted by molar-refractivity contribution is 7.10. The summed E-state index contributed by atoms with van der Waals surface area (Å²) >= 11 is 1.61. The highest BCUT2D eigenvalue weighted by Gasteiger charge is 2.15. The van der Waals surface area contributed by atoms with Crippen molar-refractivity contribution in [3.8, 4) is 0 Å². The molecule has 0 saturated carbocycles. The SMILES string of the molecule is COC(=O)c1cc2c(C=Cc3cccs3)n[nH]c2cc1F. The number of benzene rings is 1. The van der Waals surface area contributed by atoms with E-state index in [9.17, 15) is 9.18 Å². The lowest BCUT2D eigenvalue weighted by molar-refractivity contribution is 0.0596. The first-order valence-electron chi connectivity index (χ1n) is 6.16. The van der Waals surface area contributed by atoms with Gasteiger partial charge in [0.15, 0.2) is 0 Å². The number of carbonyl (C=O) groups excluding carboxylic acids is 1. The van der Waals surface area contributed by atoms with Crippen LogP contribution in [0.4, 0.5) is 4.39 Å². The third kappa shape index (κ3) is 2.57. The molecule has 0 aliphatic heterocycles. The molecule has 0 radical (unpaired) electrons. The standard InChI is InChI=1S/C15H11FN2O2S/c1-20-15(19)10-7-11-13(5-4-9-3-2-6-21-9)17-18-14(11)8-12(10)16/h2-8H,1H3,(H,17,18). The molecular formula is C15H11FN2O2S. The van der Waals surface area contributed by atoms with Crippen LogP contribution in [0.5, 0.6) is 0 Å². The summed E-state index contributed by atoms with van der Waals surface area (Å²) in [5.74, 6) is -1.34. The molecular weight excluding hydrogens is 291 g/mol. The van der Waals surface area contributed by atoms with Crippen LogP contribution in [-0.2, 0) is 4.74 Å². The second-order valence-corrected chi connectivity index (χ2v) is 5.31. The number of hydrogen-bond acceptors (Lipinski definition) is 4. The minimum Gasteiger partial charge on any atom is -0.465 e. The third-order valence-corrected chi connectivity index (χ3v) is 3.87. The maximum atomic E-state index is 13.8. The van der Waals surface area contributed by atoms with Gasteiger partial charge in [0, 0.05) is 16.3 Å². The Labute approximate surface area is 123 Å². The largest absolute Gasteiger partial charge is 0.465 e. The van der Waals surface area contributed by atoms with Crippen LogP contribution in [0.3, 0.4) is 0 Å². The third-order valence-electron chi connectivity index (χ3n) is 3.03. The zero-order valence-electron chi connectivity index (χ0n) is 11.1. The second-order valence-electron chi connectivity index (χ2n) is 4.33. The number of H-pyrrole nitrogens is 1. The Balaban J connectivity index is 2.06. The van der Waals surface area contributed by atoms with Gasteiger partial charge in [0.2, 0.25) is 0 Å². The number of carbonyl (C=O) groups is 1. The number of esters is 1. The van der Waals surface area contributed by atoms with Crippen molar-refractivity contribution in [1.82, 2.24) is 10.2 Å². The Hall–Kier alpha value is -2.47. The van der Waals surface area contributed by atoms with E-state index in [0.717, 1.165) is 4.88 Å². The van der Waals surface area contributed by atoms with E-state index in [2.05, 4.69) is 14.9 Å². The molecule has 6 heteroatoms. The van der Waals surface area contributed by atoms with Crippen LogP contribution >= 0.6 is 11.3 Å². The number of methoxy groups -OCH3 is 1. The van der Waals surface area contributed by atoms with E-state index in [0.29, 0.717) is 16.6 Å². The molecule has 0 amide bonds. The van der Waals surface area contributed by atoms with Crippen molar-refractivity contribution < 1.29 is 13.9 Å². The number of aromatic nitrogens is 2. The van der Waals surface area contributed by atoms with Crippen molar-refractivity contribution in [2.45, 2.75) is 0 Å². The second kappa shape index (κ2) is 5.49. The number of rotatable bonds is 3. The summed E-state index contributed by atoms with van der Waals surface area (Å²) < 4.78 is 18.4. The normalized spacial score (nSPS) is 11.3. The highest BCUT2D eigenvalue weighted by Crippen LogP contribution is 2.23. The maximum absolute atomic E-state index is 13.8. The van der Waals surface area contributed by atoms with Gasteiger partial charge in [-0.25, -0.2) is 9.18 Å². The average Bonchev–Trinajstić information content (AvgIpc) is 3.12. The van der Waals surface area contributed by atoms with Crippen molar-refractivity contribution in [3.05, 3.63) is 51.6 Å². The molecule has 21 heavy (non-hydrogen) atoms. The molecule has 3 rings (SSSR count). The van der Waals surface area contributed by atoms with Gasteiger partial charge in [-0.05, 0) is 29.7 Å². The summed E-state index contributed by atoms with van der Waals surface area (Å²) in [6.45, 7) is 0. The zero-order valence-corrected chi connectivity index (χ0v) is 11.9. The van der Waals surface area contributed by atoms with E-state index < -0.39 is 11.8 Å². The molecule has 1 N–H and O–H groups in total. The minimum atomic E-state index is -0.705. The van der Waals surface area contributed by atoms with Crippen molar-refractivity contribution in [3.63, 3.8) is 0 Å². The van der Waals surface area contributed by atoms with E-state index in [1.54, 1.807) is 11.3 Å². The summed E-state index contributed by atoms with van der Waals surface area (Å²) in [6.07, 6.45) is 3.74. The van der Waals surface area contributed by atoms with Crippen LogP contribution in [0.1, 0.15) is 20.9 Å². The van der Waals surface area contributed by atoms with Crippen molar-refractivity contribution >= 4 is 40.4 Å². The number of nitrogens with zero attached hydrogens (tertiary/aromatic N) is 1. The molecule has 2 aromatic heterocycles. The number of aromatic amines is 1. The molecule has 3 aromatic rings. The highest BCUT2D eigenvalue weighted by atomic mass is 32.1. The molecule has 0 spiro atoms. The fraction of sp³-hybridized carbons (Fsp3) is 0.0667. The summed E-state index contributed by atoms with van der Waals surface area (Å²) in [4.78, 5) is 12.6. The Morgan fingerprint density at radius 1 is 1.43 bits per heavy atom. The van der Waals surface area contributed by atoms with E-state index in [1.165, 1.54) is 19.2 Å². The molecule has 0 saturated heterocycles. The van der Waals surface area contributed by atoms with Crippen LogP contribution in [-0.4, -0.2) is 23.3 Å². The van der Waals surface area contributed by atoms with Crippen molar-refractivity contribution in [2.24, 2.45) is 0 Å². The number of hydrogen-bond donors (Lipinski definition) is 1. The van der Waals surface area contributed by atoms with Crippen molar-refractivity contribution in [1.29, 1.82) is 0 Å². The topological polar surface area (TPSA) is 55.0 Å². The van der Waals surface area contributed by atoms with Crippen LogP contribution < -0.4 is 0 Å². The lowest BCUT2D eigenvalue weighted by Gasteiger charge is -2.01. The number of halogens is 1. The van der Waals surface area contributed by atoms with E-state index >= 15 is 0 Å². The summed E-state index contributed by atoms with van der Waals surface area (Å²) in [6, 6.07) is 6.64. The fourth-order valence-corrected chi connectivity index (χ4v) is 2.62. The van der Waals surface area contributed by atoms with E-state index in [1.807, 2.05) is 29.7 Å². The number of ether oxygens (including phenoxy) is 1. The lowest BCUT2D eigenvalue weighted by atomic mass is 10.1. The maximum Gasteiger partial charge on any atom is 0.340 e. The first-order chi connectivity index (χ1) is 10.2. The van der Waals surface area contributed by atoms with Crippen LogP contribution in [0.25, 0.3) is 23.1 Å². The molecule has 0 unspecified atom stereocenters. The first-order valence-corrected chi connectivity index (χ1v) is 7.04. The van der Waals surface area contributed by atoms with Gasteiger partial charge >= 0.3 is 5.97 Å². The Morgan fingerprint density at radius 3 is 3.00 bits per heavy atom. The lowest BCUT2D eigenvalue weighted by Crippen LogP contribution is -2.04. The zero-order chi connectivity index (χ0) is 14.8. The number of fused-ring (bicyclic) bond motifs is 1. The minimum absolute atomic E-state index is 0.0998. The Bertz CT molecular complexity index is 822. The predicted molar refractivity (Wildman–Crippen MR) is 80.6 cm³/mol. The smallest absolute Gasteiger partial charge is 0.340 e. The molecule has 4 nitrogen and oxygen atoms in total. The molecule has 2 heterocycles. The van der Waals surface area contributed by atoms with Gasteiger partial charge in [0.1, 0.15) is 5.82 Å². The average molecular weight is 302 g/mol. The van der Waals surface area contributed by atoms with Gasteiger partial charge in [-0.3, -0.25) is 5.10 Å². The van der Waals surface area contributed by atoms with Gasteiger partial charge in [-0.1, -0.05) is 6.07 Å². The van der Waals surface area contributed by atoms with Gasteiger partial charge in [-0.2, -0.15) is 5.10 Å².